The van der Waals surface area contributed by atoms with Crippen LogP contribution in [0.5, 0.6) is 0 Å². The Kier molecular flexibility index (Phi) is 2.31. The average molecular weight is 184 g/mol. The maximum atomic E-state index is 12.7. The van der Waals surface area contributed by atoms with Crippen molar-refractivity contribution in [3.8, 4) is 0 Å². The fourth-order valence-electron chi connectivity index (χ4n) is 2.86. The van der Waals surface area contributed by atoms with Crippen molar-refractivity contribution in [1.29, 1.82) is 0 Å². The van der Waals surface area contributed by atoms with E-state index in [4.69, 9.17) is 7.85 Å². The van der Waals surface area contributed by atoms with Crippen molar-refractivity contribution in [3.05, 3.63) is 0 Å². The predicted octanol–water partition coefficient (Wildman–Crippen LogP) is 1.96. The Labute approximate surface area is 81.1 Å². The molecule has 1 rings (SSSR count). The summed E-state index contributed by atoms with van der Waals surface area (Å²) in [6.45, 7) is 7.32. The summed E-state index contributed by atoms with van der Waals surface area (Å²) in [5.41, 5.74) is -0.600. The predicted molar refractivity (Wildman–Crippen MR) is 52.6 cm³/mol. The molecule has 13 heavy (non-hydrogen) atoms. The molecule has 0 amide bonds. The number of hydrogen-bond acceptors (Lipinski definition) is 1. The first-order chi connectivity index (χ1) is 5.75. The van der Waals surface area contributed by atoms with Crippen molar-refractivity contribution in [2.45, 2.75) is 33.0 Å². The van der Waals surface area contributed by atoms with Gasteiger partial charge in [0.2, 0.25) is 0 Å². The summed E-state index contributed by atoms with van der Waals surface area (Å²) in [6.07, 6.45) is 0. The van der Waals surface area contributed by atoms with Gasteiger partial charge in [-0.05, 0) is 16.7 Å². The van der Waals surface area contributed by atoms with Crippen LogP contribution in [0.25, 0.3) is 0 Å². The number of alkyl halides is 1. The molecule has 1 N–H and O–H groups in total. The average Bonchev–Trinajstić information content (AvgIpc) is 2.02. The highest BCUT2D eigenvalue weighted by Gasteiger charge is 2.67. The van der Waals surface area contributed by atoms with Crippen LogP contribution in [0.15, 0.2) is 0 Å². The van der Waals surface area contributed by atoms with Gasteiger partial charge in [0.05, 0.1) is 14.5 Å². The minimum absolute atomic E-state index is 0.0174. The van der Waals surface area contributed by atoms with Crippen LogP contribution < -0.4 is 0 Å². The zero-order chi connectivity index (χ0) is 10.5. The zero-order valence-corrected chi connectivity index (χ0v) is 8.89. The van der Waals surface area contributed by atoms with Crippen molar-refractivity contribution in [2.24, 2.45) is 16.7 Å². The first kappa shape index (κ1) is 11.0. The summed E-state index contributed by atoms with van der Waals surface area (Å²) < 4.78 is 12.7. The molecule has 74 valence electrons. The smallest absolute Gasteiger partial charge is 0.0926 e. The van der Waals surface area contributed by atoms with Gasteiger partial charge < -0.3 is 5.11 Å². The van der Waals surface area contributed by atoms with Gasteiger partial charge in [-0.2, -0.15) is 0 Å². The SMILES string of the molecule is [B]C1(C)C(CF)C(C)(C)C1(C)CO. The van der Waals surface area contributed by atoms with Gasteiger partial charge in [-0.3, -0.25) is 4.39 Å². The summed E-state index contributed by atoms with van der Waals surface area (Å²) in [5.74, 6) is -0.155. The fourth-order valence-corrected chi connectivity index (χ4v) is 2.86. The molecular weight excluding hydrogens is 166 g/mol. The Morgan fingerprint density at radius 1 is 1.31 bits per heavy atom. The second kappa shape index (κ2) is 2.72. The van der Waals surface area contributed by atoms with E-state index in [0.717, 1.165) is 0 Å². The molecule has 0 aliphatic heterocycles. The third kappa shape index (κ3) is 0.970. The molecule has 0 aromatic rings. The Bertz CT molecular complexity index is 197. The third-order valence-electron chi connectivity index (χ3n) is 4.68. The molecule has 1 saturated carbocycles. The van der Waals surface area contributed by atoms with Gasteiger partial charge in [-0.15, -0.1) is 0 Å². The number of aliphatic hydroxyl groups is 1. The lowest BCUT2D eigenvalue weighted by Gasteiger charge is -2.71. The highest BCUT2D eigenvalue weighted by atomic mass is 19.1. The number of hydrogen-bond donors (Lipinski definition) is 1. The minimum atomic E-state index is -0.597. The quantitative estimate of drug-likeness (QED) is 0.650. The van der Waals surface area contributed by atoms with Crippen molar-refractivity contribution in [1.82, 2.24) is 0 Å². The zero-order valence-electron chi connectivity index (χ0n) is 8.89. The molecular formula is C10H18BFO. The second-order valence-corrected chi connectivity index (χ2v) is 5.20. The summed E-state index contributed by atoms with van der Waals surface area (Å²) in [5, 5.41) is 8.73. The first-order valence-corrected chi connectivity index (χ1v) is 4.71. The molecule has 3 atom stereocenters. The highest BCUT2D eigenvalue weighted by molar-refractivity contribution is 6.17. The van der Waals surface area contributed by atoms with Crippen molar-refractivity contribution >= 4 is 7.85 Å². The molecule has 0 bridgehead atoms. The molecule has 0 aromatic heterocycles. The standard InChI is InChI=1S/C10H18BFO/c1-8(2)7(5-12)10(4,11)9(8,3)6-13/h7,13H,5-6H2,1-4H3. The van der Waals surface area contributed by atoms with Gasteiger partial charge in [0.25, 0.3) is 0 Å². The maximum absolute atomic E-state index is 12.7. The van der Waals surface area contributed by atoms with Gasteiger partial charge >= 0.3 is 0 Å². The van der Waals surface area contributed by atoms with Crippen LogP contribution in [0.1, 0.15) is 27.7 Å². The maximum Gasteiger partial charge on any atom is 0.0926 e. The number of rotatable bonds is 2. The number of halogens is 1. The minimum Gasteiger partial charge on any atom is -0.396 e. The summed E-state index contributed by atoms with van der Waals surface area (Å²) in [7, 11) is 6.04. The van der Waals surface area contributed by atoms with E-state index < -0.39 is 12.0 Å². The molecule has 3 heteroatoms. The molecule has 3 unspecified atom stereocenters. The van der Waals surface area contributed by atoms with E-state index in [1.54, 1.807) is 0 Å². The molecule has 0 aromatic carbocycles. The van der Waals surface area contributed by atoms with Crippen molar-refractivity contribution in [2.75, 3.05) is 13.3 Å². The van der Waals surface area contributed by atoms with Crippen LogP contribution >= 0.6 is 0 Å². The topological polar surface area (TPSA) is 20.2 Å². The largest absolute Gasteiger partial charge is 0.396 e. The van der Waals surface area contributed by atoms with E-state index in [2.05, 4.69) is 0 Å². The Balaban J connectivity index is 3.02. The molecule has 1 aliphatic carbocycles. The molecule has 0 saturated heterocycles. The lowest BCUT2D eigenvalue weighted by molar-refractivity contribution is -0.184. The highest BCUT2D eigenvalue weighted by Crippen LogP contribution is 2.74. The first-order valence-electron chi connectivity index (χ1n) is 4.71. The van der Waals surface area contributed by atoms with E-state index in [1.165, 1.54) is 0 Å². The van der Waals surface area contributed by atoms with Gasteiger partial charge in [0, 0.05) is 6.61 Å². The normalized spacial score (nSPS) is 48.6. The molecule has 1 fully saturated rings. The van der Waals surface area contributed by atoms with Gasteiger partial charge in [-0.1, -0.05) is 33.0 Å². The van der Waals surface area contributed by atoms with Gasteiger partial charge in [-0.25, -0.2) is 0 Å². The fraction of sp³-hybridized carbons (Fsp3) is 1.00. The van der Waals surface area contributed by atoms with E-state index in [1.807, 2.05) is 27.7 Å². The monoisotopic (exact) mass is 184 g/mol. The Hall–Kier alpha value is -0.0451. The molecule has 0 spiro atoms. The molecule has 1 aliphatic rings. The van der Waals surface area contributed by atoms with Crippen LogP contribution in [0, 0.1) is 16.7 Å². The van der Waals surface area contributed by atoms with Crippen molar-refractivity contribution in [3.63, 3.8) is 0 Å². The number of aliphatic hydroxyl groups excluding tert-OH is 1. The van der Waals surface area contributed by atoms with Gasteiger partial charge in [0.1, 0.15) is 0 Å². The van der Waals surface area contributed by atoms with Crippen molar-refractivity contribution < 1.29 is 9.50 Å². The van der Waals surface area contributed by atoms with E-state index in [0.29, 0.717) is 0 Å². The summed E-state index contributed by atoms with van der Waals surface area (Å²) in [6, 6.07) is 0. The molecule has 1 nitrogen and oxygen atoms in total. The lowest BCUT2D eigenvalue weighted by atomic mass is 9.27. The van der Waals surface area contributed by atoms with Crippen LogP contribution in [0.2, 0.25) is 5.31 Å². The Morgan fingerprint density at radius 2 is 1.77 bits per heavy atom. The van der Waals surface area contributed by atoms with Gasteiger partial charge in [0.15, 0.2) is 0 Å². The van der Waals surface area contributed by atoms with Crippen LogP contribution in [0.3, 0.4) is 0 Å². The second-order valence-electron chi connectivity index (χ2n) is 5.20. The Morgan fingerprint density at radius 3 is 2.00 bits per heavy atom. The lowest BCUT2D eigenvalue weighted by Crippen LogP contribution is -2.66. The van der Waals surface area contributed by atoms with E-state index in [-0.39, 0.29) is 23.4 Å². The summed E-state index contributed by atoms with van der Waals surface area (Å²) >= 11 is 0. The van der Waals surface area contributed by atoms with E-state index in [9.17, 15) is 9.50 Å². The summed E-state index contributed by atoms with van der Waals surface area (Å²) in [4.78, 5) is 0. The van der Waals surface area contributed by atoms with Crippen LogP contribution in [-0.2, 0) is 0 Å². The van der Waals surface area contributed by atoms with E-state index >= 15 is 0 Å². The van der Waals surface area contributed by atoms with Crippen LogP contribution in [-0.4, -0.2) is 26.2 Å². The molecule has 2 radical (unpaired) electrons. The third-order valence-corrected chi connectivity index (χ3v) is 4.68. The molecule has 0 heterocycles. The van der Waals surface area contributed by atoms with Crippen LogP contribution in [0.4, 0.5) is 4.39 Å².